The number of hydrogen-bond donors (Lipinski definition) is 2. The number of quaternary nitrogens is 1. The number of nitrogens with zero attached hydrogens (tertiary/aromatic N) is 1. The van der Waals surface area contributed by atoms with Gasteiger partial charge in [0.2, 0.25) is 0 Å². The molecule has 0 spiro atoms. The van der Waals surface area contributed by atoms with Crippen molar-refractivity contribution < 1.29 is 9.32 Å². The van der Waals surface area contributed by atoms with Gasteiger partial charge in [0.15, 0.2) is 11.8 Å². The van der Waals surface area contributed by atoms with Gasteiger partial charge in [-0.2, -0.15) is 0 Å². The third kappa shape index (κ3) is 3.79. The van der Waals surface area contributed by atoms with Crippen molar-refractivity contribution in [1.82, 2.24) is 9.97 Å². The first-order valence-corrected chi connectivity index (χ1v) is 8.85. The fraction of sp³-hybridized carbons (Fsp3) is 0.476. The molecule has 0 radical (unpaired) electrons. The Labute approximate surface area is 151 Å². The largest absolute Gasteiger partial charge is 0.435 e. The summed E-state index contributed by atoms with van der Waals surface area (Å²) in [5, 5.41) is 1.18. The molecule has 0 unspecified atom stereocenters. The minimum Gasteiger partial charge on any atom is -0.435 e. The number of rotatable bonds is 6. The van der Waals surface area contributed by atoms with Gasteiger partial charge < -0.3 is 14.3 Å². The minimum absolute atomic E-state index is 0. The smallest absolute Gasteiger partial charge is 0.254 e. The van der Waals surface area contributed by atoms with E-state index >= 15 is 0 Å². The lowest BCUT2D eigenvalue weighted by atomic mass is 9.99. The van der Waals surface area contributed by atoms with Crippen LogP contribution in [0, 0.1) is 12.8 Å². The van der Waals surface area contributed by atoms with Crippen LogP contribution >= 0.6 is 0 Å². The molecule has 4 nitrogen and oxygen atoms in total. The summed E-state index contributed by atoms with van der Waals surface area (Å²) in [5.41, 5.74) is 3.18. The molecule has 3 rings (SSSR count). The topological polar surface area (TPSA) is 46.3 Å². The van der Waals surface area contributed by atoms with Crippen LogP contribution in [-0.2, 0) is 0 Å². The molecular weight excluding hydrogens is 310 g/mol. The minimum atomic E-state index is 0. The number of aromatic nitrogens is 2. The predicted octanol–water partition coefficient (Wildman–Crippen LogP) is 4.39. The molecule has 0 aliphatic rings. The Morgan fingerprint density at radius 2 is 1.96 bits per heavy atom. The number of para-hydroxylation sites is 1. The van der Waals surface area contributed by atoms with Crippen LogP contribution in [0.25, 0.3) is 22.2 Å². The second-order valence-corrected chi connectivity index (χ2v) is 7.09. The molecule has 4 heteroatoms. The summed E-state index contributed by atoms with van der Waals surface area (Å²) in [6.07, 6.45) is 4.29. The molecule has 0 fully saturated rings. The van der Waals surface area contributed by atoms with Crippen LogP contribution in [0.4, 0.5) is 0 Å². The highest BCUT2D eigenvalue weighted by atomic mass is 16.4. The normalized spacial score (nSPS) is 13.8. The molecule has 3 aromatic rings. The predicted molar refractivity (Wildman–Crippen MR) is 105 cm³/mol. The molecule has 2 atom stereocenters. The van der Waals surface area contributed by atoms with Crippen LogP contribution in [0.5, 0.6) is 0 Å². The van der Waals surface area contributed by atoms with Crippen molar-refractivity contribution in [2.45, 2.75) is 47.1 Å². The van der Waals surface area contributed by atoms with Crippen LogP contribution < -0.4 is 4.90 Å². The molecule has 0 saturated carbocycles. The molecule has 1 aromatic carbocycles. The number of fused-ring (bicyclic) bond motifs is 1. The monoisotopic (exact) mass is 342 g/mol. The van der Waals surface area contributed by atoms with Gasteiger partial charge in [-0.15, -0.1) is 0 Å². The molecule has 0 saturated heterocycles. The summed E-state index contributed by atoms with van der Waals surface area (Å²) >= 11 is 0. The van der Waals surface area contributed by atoms with Gasteiger partial charge in [0.25, 0.3) is 5.89 Å². The Bertz CT molecular complexity index is 816. The van der Waals surface area contributed by atoms with Crippen LogP contribution in [0.15, 0.2) is 34.9 Å². The van der Waals surface area contributed by atoms with Crippen molar-refractivity contribution >= 4 is 10.9 Å². The fourth-order valence-electron chi connectivity index (χ4n) is 3.23. The number of aryl methyl sites for hydroxylation is 1. The number of nitrogens with one attached hydrogen (secondary N) is 2. The fourth-order valence-corrected chi connectivity index (χ4v) is 3.23. The van der Waals surface area contributed by atoms with Crippen LogP contribution in [-0.4, -0.2) is 24.1 Å². The highest BCUT2D eigenvalue weighted by Crippen LogP contribution is 2.33. The molecule has 25 heavy (non-hydrogen) atoms. The quantitative estimate of drug-likeness (QED) is 0.698. The number of benzene rings is 1. The van der Waals surface area contributed by atoms with Gasteiger partial charge in [0.05, 0.1) is 19.8 Å². The van der Waals surface area contributed by atoms with E-state index in [0.29, 0.717) is 5.92 Å². The first-order valence-electron chi connectivity index (χ1n) is 8.85. The highest BCUT2D eigenvalue weighted by molar-refractivity contribution is 5.94. The Balaban J connectivity index is 0.00000225. The van der Waals surface area contributed by atoms with Crippen molar-refractivity contribution in [3.05, 3.63) is 42.0 Å². The third-order valence-corrected chi connectivity index (χ3v) is 4.98. The van der Waals surface area contributed by atoms with Crippen molar-refractivity contribution in [3.8, 4) is 11.3 Å². The summed E-state index contributed by atoms with van der Waals surface area (Å²) in [4.78, 5) is 9.47. The molecule has 2 N–H and O–H groups in total. The summed E-state index contributed by atoms with van der Waals surface area (Å²) in [7, 11) is 4.36. The lowest BCUT2D eigenvalue weighted by Crippen LogP contribution is -3.06. The molecule has 0 aliphatic carbocycles. The Morgan fingerprint density at radius 3 is 2.64 bits per heavy atom. The van der Waals surface area contributed by atoms with E-state index in [1.165, 1.54) is 16.7 Å². The van der Waals surface area contributed by atoms with Crippen molar-refractivity contribution in [2.24, 2.45) is 5.92 Å². The average Bonchev–Trinajstić information content (AvgIpc) is 3.15. The maximum absolute atomic E-state index is 6.28. The number of hydrogen-bond acceptors (Lipinski definition) is 2. The highest BCUT2D eigenvalue weighted by Gasteiger charge is 2.27. The number of oxazole rings is 1. The molecule has 0 aliphatic heterocycles. The summed E-state index contributed by atoms with van der Waals surface area (Å²) in [6, 6.07) is 8.59. The number of aromatic amines is 1. The van der Waals surface area contributed by atoms with Gasteiger partial charge in [-0.3, -0.25) is 0 Å². The second kappa shape index (κ2) is 7.87. The van der Waals surface area contributed by atoms with Gasteiger partial charge in [0.1, 0.15) is 0 Å². The zero-order valence-corrected chi connectivity index (χ0v) is 15.3. The van der Waals surface area contributed by atoms with E-state index in [9.17, 15) is 0 Å². The van der Waals surface area contributed by atoms with Crippen molar-refractivity contribution in [1.29, 1.82) is 0 Å². The molecule has 0 bridgehead atoms. The molecule has 2 aromatic heterocycles. The van der Waals surface area contributed by atoms with E-state index < -0.39 is 0 Å². The number of H-pyrrole nitrogens is 1. The first kappa shape index (κ1) is 19.3. The molecule has 2 heterocycles. The van der Waals surface area contributed by atoms with E-state index in [-0.39, 0.29) is 13.5 Å². The zero-order valence-electron chi connectivity index (χ0n) is 15.3. The SMILES string of the molecule is C.CC[C@@H](C)C[C@@H](c1nc(C)c(-c2c[nH]c3ccccc23)o1)[NH+](C)C. The van der Waals surface area contributed by atoms with E-state index in [1.807, 2.05) is 19.2 Å². The molecule has 0 amide bonds. The maximum atomic E-state index is 6.28. The lowest BCUT2D eigenvalue weighted by molar-refractivity contribution is -0.894. The third-order valence-electron chi connectivity index (χ3n) is 4.98. The lowest BCUT2D eigenvalue weighted by Gasteiger charge is -2.21. The van der Waals surface area contributed by atoms with E-state index in [0.717, 1.165) is 34.8 Å². The zero-order chi connectivity index (χ0) is 17.3. The Hall–Kier alpha value is -2.07. The van der Waals surface area contributed by atoms with Crippen LogP contribution in [0.2, 0.25) is 0 Å². The first-order chi connectivity index (χ1) is 11.5. The molecular formula is C21H32N3O+. The Morgan fingerprint density at radius 1 is 1.24 bits per heavy atom. The van der Waals surface area contributed by atoms with E-state index in [2.05, 4.69) is 51.1 Å². The van der Waals surface area contributed by atoms with Gasteiger partial charge >= 0.3 is 0 Å². The molecule has 136 valence electrons. The van der Waals surface area contributed by atoms with Gasteiger partial charge in [0, 0.05) is 29.1 Å². The van der Waals surface area contributed by atoms with Gasteiger partial charge in [-0.05, 0) is 18.9 Å². The van der Waals surface area contributed by atoms with Crippen molar-refractivity contribution in [2.75, 3.05) is 14.1 Å². The van der Waals surface area contributed by atoms with E-state index in [4.69, 9.17) is 9.40 Å². The second-order valence-electron chi connectivity index (χ2n) is 7.09. The van der Waals surface area contributed by atoms with Crippen molar-refractivity contribution in [3.63, 3.8) is 0 Å². The van der Waals surface area contributed by atoms with Crippen LogP contribution in [0.3, 0.4) is 0 Å². The summed E-state index contributed by atoms with van der Waals surface area (Å²) < 4.78 is 6.28. The van der Waals surface area contributed by atoms with Gasteiger partial charge in [-0.1, -0.05) is 45.9 Å². The maximum Gasteiger partial charge on any atom is 0.254 e. The summed E-state index contributed by atoms with van der Waals surface area (Å²) in [5.74, 6) is 2.40. The summed E-state index contributed by atoms with van der Waals surface area (Å²) in [6.45, 7) is 6.58. The Kier molecular flexibility index (Phi) is 6.07. The average molecular weight is 343 g/mol. The standard InChI is InChI=1S/C20H27N3O.CH4/c1-6-13(2)11-18(23(4)5)20-22-14(3)19(24-20)16-12-21-17-10-8-7-9-15(16)17;/h7-10,12-13,18,21H,6,11H2,1-5H3;1H4/p+1/t13-,18+;/m1./s1. The van der Waals surface area contributed by atoms with E-state index in [1.54, 1.807) is 0 Å². The van der Waals surface area contributed by atoms with Gasteiger partial charge in [-0.25, -0.2) is 4.98 Å². The van der Waals surface area contributed by atoms with Crippen LogP contribution in [0.1, 0.15) is 51.7 Å².